The highest BCUT2D eigenvalue weighted by Crippen LogP contribution is 2.19. The SMILES string of the molecule is CN1C[C@H](C(=O)NCc2ccc(-n3cccn3)cc2)CC[C@H](N(C)C)C1.O=CO. The molecular weight excluding hydrogens is 370 g/mol. The molecule has 1 aliphatic heterocycles. The quantitative estimate of drug-likeness (QED) is 0.738. The summed E-state index contributed by atoms with van der Waals surface area (Å²) in [7, 11) is 6.34. The second-order valence-corrected chi connectivity index (χ2v) is 7.55. The lowest BCUT2D eigenvalue weighted by Gasteiger charge is -2.25. The van der Waals surface area contributed by atoms with E-state index in [1.165, 1.54) is 0 Å². The molecule has 3 rings (SSSR count). The fourth-order valence-corrected chi connectivity index (χ4v) is 3.54. The summed E-state index contributed by atoms with van der Waals surface area (Å²) in [6, 6.07) is 10.5. The average Bonchev–Trinajstić information content (AvgIpc) is 3.16. The summed E-state index contributed by atoms with van der Waals surface area (Å²) in [4.78, 5) is 25.5. The lowest BCUT2D eigenvalue weighted by Crippen LogP contribution is -2.39. The van der Waals surface area contributed by atoms with Crippen LogP contribution in [0.1, 0.15) is 18.4 Å². The molecule has 1 fully saturated rings. The summed E-state index contributed by atoms with van der Waals surface area (Å²) in [6.07, 6.45) is 5.68. The standard InChI is InChI=1S/C20H29N5O.CH2O2/c1-23(2)19-10-7-17(14-24(3)15-19)20(26)21-13-16-5-8-18(9-6-16)25-12-4-11-22-25;2-1-3/h4-6,8-9,11-12,17,19H,7,10,13-15H2,1-3H3,(H,21,26);1H,(H,2,3)/t17-,19+;/m1./s1. The molecule has 2 N–H and O–H groups in total. The number of carbonyl (C=O) groups excluding carboxylic acids is 1. The molecule has 2 heterocycles. The van der Waals surface area contributed by atoms with Crippen LogP contribution in [0.25, 0.3) is 5.69 Å². The highest BCUT2D eigenvalue weighted by molar-refractivity contribution is 5.78. The number of benzene rings is 1. The molecule has 1 aromatic carbocycles. The average molecular weight is 402 g/mol. The molecule has 1 aliphatic rings. The molecule has 0 saturated carbocycles. The summed E-state index contributed by atoms with van der Waals surface area (Å²) in [5.74, 6) is 0.223. The van der Waals surface area contributed by atoms with Crippen molar-refractivity contribution in [1.82, 2.24) is 24.9 Å². The molecule has 8 nitrogen and oxygen atoms in total. The molecule has 0 aliphatic carbocycles. The highest BCUT2D eigenvalue weighted by atomic mass is 16.3. The van der Waals surface area contributed by atoms with Crippen molar-refractivity contribution in [2.75, 3.05) is 34.2 Å². The van der Waals surface area contributed by atoms with Crippen LogP contribution < -0.4 is 5.32 Å². The van der Waals surface area contributed by atoms with Crippen molar-refractivity contribution in [2.45, 2.75) is 25.4 Å². The van der Waals surface area contributed by atoms with Crippen LogP contribution in [0.15, 0.2) is 42.7 Å². The molecule has 1 saturated heterocycles. The first-order valence-corrected chi connectivity index (χ1v) is 9.74. The number of hydrogen-bond donors (Lipinski definition) is 2. The van der Waals surface area contributed by atoms with Gasteiger partial charge < -0.3 is 20.2 Å². The molecule has 1 aromatic heterocycles. The lowest BCUT2D eigenvalue weighted by molar-refractivity contribution is -0.126. The van der Waals surface area contributed by atoms with Crippen molar-refractivity contribution in [3.05, 3.63) is 48.3 Å². The van der Waals surface area contributed by atoms with Crippen LogP contribution in [-0.2, 0) is 16.1 Å². The fraction of sp³-hybridized carbons (Fsp3) is 0.476. The Bertz CT molecular complexity index is 746. The Hall–Kier alpha value is -2.71. The fourth-order valence-electron chi connectivity index (χ4n) is 3.54. The largest absolute Gasteiger partial charge is 0.483 e. The van der Waals surface area contributed by atoms with Gasteiger partial charge in [-0.25, -0.2) is 4.68 Å². The summed E-state index contributed by atoms with van der Waals surface area (Å²) in [6.45, 7) is 2.16. The number of carbonyl (C=O) groups is 2. The Morgan fingerprint density at radius 3 is 2.55 bits per heavy atom. The zero-order chi connectivity index (χ0) is 21.2. The Kier molecular flexibility index (Phi) is 8.82. The van der Waals surface area contributed by atoms with Gasteiger partial charge in [0.2, 0.25) is 5.91 Å². The lowest BCUT2D eigenvalue weighted by atomic mass is 10.0. The predicted octanol–water partition coefficient (Wildman–Crippen LogP) is 1.46. The van der Waals surface area contributed by atoms with Crippen LogP contribution >= 0.6 is 0 Å². The zero-order valence-corrected chi connectivity index (χ0v) is 17.4. The third-order valence-corrected chi connectivity index (χ3v) is 5.18. The minimum atomic E-state index is -0.250. The van der Waals surface area contributed by atoms with Gasteiger partial charge in [-0.3, -0.25) is 9.59 Å². The van der Waals surface area contributed by atoms with E-state index in [1.807, 2.05) is 41.2 Å². The molecule has 8 heteroatoms. The Balaban J connectivity index is 0.000000941. The Morgan fingerprint density at radius 1 is 1.28 bits per heavy atom. The van der Waals surface area contributed by atoms with Crippen LogP contribution in [0.2, 0.25) is 0 Å². The molecule has 0 spiro atoms. The van der Waals surface area contributed by atoms with E-state index in [0.29, 0.717) is 12.6 Å². The van der Waals surface area contributed by atoms with Crippen molar-refractivity contribution >= 4 is 12.4 Å². The molecule has 1 amide bonds. The first kappa shape index (κ1) is 22.6. The normalized spacial score (nSPS) is 19.7. The topological polar surface area (TPSA) is 90.7 Å². The number of likely N-dealkylation sites (N-methyl/N-ethyl adjacent to an activating group) is 2. The van der Waals surface area contributed by atoms with E-state index in [1.54, 1.807) is 6.20 Å². The minimum Gasteiger partial charge on any atom is -0.483 e. The number of amides is 1. The zero-order valence-electron chi connectivity index (χ0n) is 17.4. The second kappa shape index (κ2) is 11.3. The number of likely N-dealkylation sites (tertiary alicyclic amines) is 1. The first-order valence-electron chi connectivity index (χ1n) is 9.74. The monoisotopic (exact) mass is 401 g/mol. The van der Waals surface area contributed by atoms with Gasteiger partial charge >= 0.3 is 0 Å². The minimum absolute atomic E-state index is 0.0632. The van der Waals surface area contributed by atoms with Gasteiger partial charge in [0.25, 0.3) is 6.47 Å². The third kappa shape index (κ3) is 6.99. The second-order valence-electron chi connectivity index (χ2n) is 7.55. The predicted molar refractivity (Wildman–Crippen MR) is 112 cm³/mol. The summed E-state index contributed by atoms with van der Waals surface area (Å²) in [5.41, 5.74) is 2.12. The molecule has 0 bridgehead atoms. The van der Waals surface area contributed by atoms with E-state index in [0.717, 1.165) is 37.2 Å². The van der Waals surface area contributed by atoms with Crippen molar-refractivity contribution in [1.29, 1.82) is 0 Å². The van der Waals surface area contributed by atoms with E-state index >= 15 is 0 Å². The molecule has 2 atom stereocenters. The van der Waals surface area contributed by atoms with Crippen molar-refractivity contribution in [3.8, 4) is 5.69 Å². The molecule has 0 unspecified atom stereocenters. The Labute approximate surface area is 172 Å². The van der Waals surface area contributed by atoms with E-state index in [2.05, 4.69) is 41.4 Å². The highest BCUT2D eigenvalue weighted by Gasteiger charge is 2.27. The molecule has 29 heavy (non-hydrogen) atoms. The smallest absolute Gasteiger partial charge is 0.290 e. The van der Waals surface area contributed by atoms with Gasteiger partial charge in [0.1, 0.15) is 0 Å². The van der Waals surface area contributed by atoms with Gasteiger partial charge in [0, 0.05) is 38.1 Å². The van der Waals surface area contributed by atoms with Crippen molar-refractivity contribution in [3.63, 3.8) is 0 Å². The van der Waals surface area contributed by atoms with Gasteiger partial charge in [-0.1, -0.05) is 12.1 Å². The van der Waals surface area contributed by atoms with Gasteiger partial charge in [-0.15, -0.1) is 0 Å². The molecule has 158 valence electrons. The number of nitrogens with one attached hydrogen (secondary N) is 1. The van der Waals surface area contributed by atoms with Gasteiger partial charge in [0.15, 0.2) is 0 Å². The number of hydrogen-bond acceptors (Lipinski definition) is 5. The van der Waals surface area contributed by atoms with Crippen molar-refractivity contribution in [2.24, 2.45) is 5.92 Å². The van der Waals surface area contributed by atoms with E-state index in [9.17, 15) is 4.79 Å². The van der Waals surface area contributed by atoms with Crippen LogP contribution in [0.4, 0.5) is 0 Å². The maximum absolute atomic E-state index is 12.6. The molecular formula is C21H31N5O3. The van der Waals surface area contributed by atoms with E-state index in [4.69, 9.17) is 9.90 Å². The number of rotatable bonds is 5. The van der Waals surface area contributed by atoms with E-state index in [-0.39, 0.29) is 18.3 Å². The summed E-state index contributed by atoms with van der Waals surface area (Å²) >= 11 is 0. The van der Waals surface area contributed by atoms with Gasteiger partial charge in [0.05, 0.1) is 11.6 Å². The maximum Gasteiger partial charge on any atom is 0.290 e. The third-order valence-electron chi connectivity index (χ3n) is 5.18. The number of nitrogens with zero attached hydrogens (tertiary/aromatic N) is 4. The number of carboxylic acid groups (broad SMARTS) is 1. The maximum atomic E-state index is 12.6. The summed E-state index contributed by atoms with van der Waals surface area (Å²) in [5, 5.41) is 14.2. The van der Waals surface area contributed by atoms with Crippen molar-refractivity contribution < 1.29 is 14.7 Å². The summed E-state index contributed by atoms with van der Waals surface area (Å²) < 4.78 is 1.82. The van der Waals surface area contributed by atoms with Crippen LogP contribution in [0.3, 0.4) is 0 Å². The van der Waals surface area contributed by atoms with E-state index < -0.39 is 0 Å². The van der Waals surface area contributed by atoms with Crippen LogP contribution in [-0.4, -0.2) is 77.3 Å². The van der Waals surface area contributed by atoms with Crippen LogP contribution in [0.5, 0.6) is 0 Å². The first-order chi connectivity index (χ1) is 13.9. The van der Waals surface area contributed by atoms with Crippen LogP contribution in [0, 0.1) is 5.92 Å². The Morgan fingerprint density at radius 2 is 1.97 bits per heavy atom. The molecule has 2 aromatic rings. The van der Waals surface area contributed by atoms with Gasteiger partial charge in [-0.05, 0) is 57.7 Å². The molecule has 0 radical (unpaired) electrons. The van der Waals surface area contributed by atoms with Gasteiger partial charge in [-0.2, -0.15) is 5.10 Å². The number of aromatic nitrogens is 2.